The van der Waals surface area contributed by atoms with Gasteiger partial charge in [0, 0.05) is 32.1 Å². The largest absolute Gasteiger partial charge is 0.444 e. The van der Waals surface area contributed by atoms with Crippen LogP contribution >= 0.6 is 15.9 Å². The third-order valence-electron chi connectivity index (χ3n) is 4.33. The predicted octanol–water partition coefficient (Wildman–Crippen LogP) is 2.52. The average molecular weight is 355 g/mol. The third kappa shape index (κ3) is 3.15. The first kappa shape index (κ1) is 14.6. The van der Waals surface area contributed by atoms with Gasteiger partial charge in [-0.05, 0) is 47.3 Å². The van der Waals surface area contributed by atoms with Crippen molar-refractivity contribution in [3.8, 4) is 0 Å². The summed E-state index contributed by atoms with van der Waals surface area (Å²) in [4.78, 5) is 28.3. The summed E-state index contributed by atoms with van der Waals surface area (Å²) in [6.07, 6.45) is 4.05. The molecule has 1 saturated heterocycles. The van der Waals surface area contributed by atoms with Crippen LogP contribution in [0, 0.1) is 5.92 Å². The fourth-order valence-electron chi connectivity index (χ4n) is 2.84. The van der Waals surface area contributed by atoms with Crippen LogP contribution in [-0.4, -0.2) is 47.8 Å². The van der Waals surface area contributed by atoms with E-state index in [-0.39, 0.29) is 17.7 Å². The van der Waals surface area contributed by atoms with Gasteiger partial charge in [0.05, 0.1) is 0 Å². The van der Waals surface area contributed by atoms with Crippen molar-refractivity contribution < 1.29 is 14.0 Å². The first-order valence-electron chi connectivity index (χ1n) is 7.48. The highest BCUT2D eigenvalue weighted by atomic mass is 79.9. The van der Waals surface area contributed by atoms with Crippen LogP contribution < -0.4 is 0 Å². The van der Waals surface area contributed by atoms with Crippen LogP contribution in [0.3, 0.4) is 0 Å². The fourth-order valence-corrected chi connectivity index (χ4v) is 3.15. The zero-order valence-corrected chi connectivity index (χ0v) is 13.5. The lowest BCUT2D eigenvalue weighted by atomic mass is 9.84. The number of nitrogens with zero attached hydrogens (tertiary/aromatic N) is 2. The Labute approximate surface area is 132 Å². The Kier molecular flexibility index (Phi) is 4.33. The standard InChI is InChI=1S/C15H19BrN2O3/c16-13-6-5-12(21-13)15(20)18-8-2-7-17(9-10-18)14(19)11-3-1-4-11/h5-6,11H,1-4,7-10H2. The van der Waals surface area contributed by atoms with Crippen LogP contribution in [-0.2, 0) is 4.79 Å². The topological polar surface area (TPSA) is 53.8 Å². The number of carbonyl (C=O) groups excluding carboxylic acids is 2. The second kappa shape index (κ2) is 6.22. The Morgan fingerprint density at radius 3 is 2.38 bits per heavy atom. The van der Waals surface area contributed by atoms with Crippen LogP contribution in [0.4, 0.5) is 0 Å². The lowest BCUT2D eigenvalue weighted by Crippen LogP contribution is -2.41. The third-order valence-corrected chi connectivity index (χ3v) is 4.76. The van der Waals surface area contributed by atoms with Gasteiger partial charge in [-0.2, -0.15) is 0 Å². The highest BCUT2D eigenvalue weighted by molar-refractivity contribution is 9.10. The average Bonchev–Trinajstić information content (AvgIpc) is 2.70. The van der Waals surface area contributed by atoms with E-state index < -0.39 is 0 Å². The molecule has 1 saturated carbocycles. The second-order valence-corrected chi connectivity index (χ2v) is 6.48. The normalized spacial score (nSPS) is 20.0. The summed E-state index contributed by atoms with van der Waals surface area (Å²) in [5.41, 5.74) is 0. The lowest BCUT2D eigenvalue weighted by Gasteiger charge is -2.30. The van der Waals surface area contributed by atoms with Gasteiger partial charge in [-0.15, -0.1) is 0 Å². The molecule has 0 unspecified atom stereocenters. The van der Waals surface area contributed by atoms with Gasteiger partial charge >= 0.3 is 0 Å². The fraction of sp³-hybridized carbons (Fsp3) is 0.600. The number of rotatable bonds is 2. The van der Waals surface area contributed by atoms with Crippen LogP contribution in [0.5, 0.6) is 0 Å². The summed E-state index contributed by atoms with van der Waals surface area (Å²) in [7, 11) is 0. The van der Waals surface area contributed by atoms with E-state index in [1.807, 2.05) is 4.90 Å². The van der Waals surface area contributed by atoms with Crippen molar-refractivity contribution in [3.63, 3.8) is 0 Å². The van der Waals surface area contributed by atoms with Crippen molar-refractivity contribution in [1.29, 1.82) is 0 Å². The molecule has 0 spiro atoms. The Bertz CT molecular complexity index is 539. The van der Waals surface area contributed by atoms with Gasteiger partial charge in [0.25, 0.3) is 5.91 Å². The molecule has 21 heavy (non-hydrogen) atoms. The molecule has 1 aromatic rings. The predicted molar refractivity (Wildman–Crippen MR) is 80.8 cm³/mol. The molecule has 2 heterocycles. The van der Waals surface area contributed by atoms with Crippen molar-refractivity contribution in [2.24, 2.45) is 5.92 Å². The first-order chi connectivity index (χ1) is 10.1. The molecule has 0 radical (unpaired) electrons. The van der Waals surface area contributed by atoms with E-state index in [1.54, 1.807) is 17.0 Å². The van der Waals surface area contributed by atoms with Crippen molar-refractivity contribution in [3.05, 3.63) is 22.6 Å². The maximum atomic E-state index is 12.4. The SMILES string of the molecule is O=C(c1ccc(Br)o1)N1CCCN(C(=O)C2CCC2)CC1. The van der Waals surface area contributed by atoms with Gasteiger partial charge in [-0.3, -0.25) is 9.59 Å². The molecule has 6 heteroatoms. The Balaban J connectivity index is 1.60. The van der Waals surface area contributed by atoms with Crippen molar-refractivity contribution in [1.82, 2.24) is 9.80 Å². The van der Waals surface area contributed by atoms with E-state index >= 15 is 0 Å². The molecule has 0 N–H and O–H groups in total. The van der Waals surface area contributed by atoms with Crippen LogP contribution in [0.1, 0.15) is 36.2 Å². The molecule has 2 amide bonds. The molecular formula is C15H19BrN2O3. The van der Waals surface area contributed by atoms with Crippen molar-refractivity contribution in [2.75, 3.05) is 26.2 Å². The number of hydrogen-bond donors (Lipinski definition) is 0. The monoisotopic (exact) mass is 354 g/mol. The number of furan rings is 1. The van der Waals surface area contributed by atoms with Crippen LogP contribution in [0.25, 0.3) is 0 Å². The number of amides is 2. The minimum absolute atomic E-state index is 0.0985. The van der Waals surface area contributed by atoms with Crippen molar-refractivity contribution in [2.45, 2.75) is 25.7 Å². The van der Waals surface area contributed by atoms with E-state index in [4.69, 9.17) is 4.42 Å². The molecule has 1 aliphatic heterocycles. The molecular weight excluding hydrogens is 336 g/mol. The highest BCUT2D eigenvalue weighted by Crippen LogP contribution is 2.28. The van der Waals surface area contributed by atoms with Gasteiger partial charge in [-0.1, -0.05) is 6.42 Å². The molecule has 0 aromatic carbocycles. The van der Waals surface area contributed by atoms with Gasteiger partial charge in [0.15, 0.2) is 10.4 Å². The van der Waals surface area contributed by atoms with Gasteiger partial charge in [0.1, 0.15) is 0 Å². The molecule has 1 aromatic heterocycles. The zero-order valence-electron chi connectivity index (χ0n) is 11.9. The maximum absolute atomic E-state index is 12.4. The number of hydrogen-bond acceptors (Lipinski definition) is 3. The summed E-state index contributed by atoms with van der Waals surface area (Å²) in [6.45, 7) is 2.63. The highest BCUT2D eigenvalue weighted by Gasteiger charge is 2.31. The number of carbonyl (C=O) groups is 2. The Hall–Kier alpha value is -1.30. The molecule has 3 rings (SSSR count). The Morgan fingerprint density at radius 1 is 1.05 bits per heavy atom. The molecule has 1 aliphatic carbocycles. The summed E-state index contributed by atoms with van der Waals surface area (Å²) >= 11 is 3.21. The van der Waals surface area contributed by atoms with Gasteiger partial charge < -0.3 is 14.2 Å². The smallest absolute Gasteiger partial charge is 0.289 e. The lowest BCUT2D eigenvalue weighted by molar-refractivity contribution is -0.138. The number of halogens is 1. The van der Waals surface area contributed by atoms with Gasteiger partial charge in [-0.25, -0.2) is 0 Å². The van der Waals surface area contributed by atoms with Crippen LogP contribution in [0.2, 0.25) is 0 Å². The van der Waals surface area contributed by atoms with Crippen LogP contribution in [0.15, 0.2) is 21.2 Å². The van der Waals surface area contributed by atoms with Gasteiger partial charge in [0.2, 0.25) is 5.91 Å². The zero-order chi connectivity index (χ0) is 14.8. The Morgan fingerprint density at radius 2 is 1.76 bits per heavy atom. The molecule has 2 aliphatic rings. The first-order valence-corrected chi connectivity index (χ1v) is 8.28. The van der Waals surface area contributed by atoms with E-state index in [2.05, 4.69) is 15.9 Å². The van der Waals surface area contributed by atoms with E-state index in [1.165, 1.54) is 6.42 Å². The minimum atomic E-state index is -0.0985. The quantitative estimate of drug-likeness (QED) is 0.819. The molecule has 0 atom stereocenters. The van der Waals surface area contributed by atoms with E-state index in [0.29, 0.717) is 30.1 Å². The maximum Gasteiger partial charge on any atom is 0.289 e. The summed E-state index contributed by atoms with van der Waals surface area (Å²) in [5, 5.41) is 0. The van der Waals surface area contributed by atoms with E-state index in [9.17, 15) is 9.59 Å². The molecule has 114 valence electrons. The second-order valence-electron chi connectivity index (χ2n) is 5.70. The minimum Gasteiger partial charge on any atom is -0.444 e. The summed E-state index contributed by atoms with van der Waals surface area (Å²) in [6, 6.07) is 3.39. The molecule has 5 nitrogen and oxygen atoms in total. The summed E-state index contributed by atoms with van der Waals surface area (Å²) < 4.78 is 5.88. The molecule has 2 fully saturated rings. The van der Waals surface area contributed by atoms with E-state index in [0.717, 1.165) is 25.8 Å². The van der Waals surface area contributed by atoms with Crippen molar-refractivity contribution >= 4 is 27.7 Å². The summed E-state index contributed by atoms with van der Waals surface area (Å²) in [5.74, 6) is 0.754. The molecule has 0 bridgehead atoms.